The second kappa shape index (κ2) is 7.97. The molecule has 0 radical (unpaired) electrons. The quantitative estimate of drug-likeness (QED) is 0.866. The van der Waals surface area contributed by atoms with E-state index in [0.717, 1.165) is 19.5 Å². The molecule has 1 atom stereocenters. The summed E-state index contributed by atoms with van der Waals surface area (Å²) in [5.41, 5.74) is 1.02. The van der Waals surface area contributed by atoms with Crippen molar-refractivity contribution in [2.75, 3.05) is 38.6 Å². The number of amides is 2. The predicted octanol–water partition coefficient (Wildman–Crippen LogP) is 2.42. The summed E-state index contributed by atoms with van der Waals surface area (Å²) in [7, 11) is 1.34. The van der Waals surface area contributed by atoms with Crippen LogP contribution in [0.1, 0.15) is 30.6 Å². The van der Waals surface area contributed by atoms with Gasteiger partial charge in [0.1, 0.15) is 0 Å². The van der Waals surface area contributed by atoms with Gasteiger partial charge in [0.15, 0.2) is 0 Å². The van der Waals surface area contributed by atoms with E-state index in [1.807, 2.05) is 4.90 Å². The van der Waals surface area contributed by atoms with Gasteiger partial charge < -0.3 is 15.0 Å². The molecule has 2 rings (SSSR count). The third kappa shape index (κ3) is 4.45. The molecule has 0 aromatic heterocycles. The van der Waals surface area contributed by atoms with Crippen molar-refractivity contribution < 1.29 is 14.3 Å². The van der Waals surface area contributed by atoms with Crippen molar-refractivity contribution in [2.45, 2.75) is 26.3 Å². The number of urea groups is 1. The molecule has 1 aromatic rings. The van der Waals surface area contributed by atoms with Crippen LogP contribution in [0.25, 0.3) is 0 Å². The Labute approximate surface area is 137 Å². The van der Waals surface area contributed by atoms with Gasteiger partial charge in [-0.1, -0.05) is 13.0 Å². The van der Waals surface area contributed by atoms with Crippen molar-refractivity contribution in [3.8, 4) is 0 Å². The van der Waals surface area contributed by atoms with Gasteiger partial charge in [-0.2, -0.15) is 0 Å². The first-order chi connectivity index (χ1) is 11.0. The van der Waals surface area contributed by atoms with E-state index in [1.165, 1.54) is 7.11 Å². The maximum absolute atomic E-state index is 12.3. The zero-order chi connectivity index (χ0) is 16.8. The molecule has 2 amide bonds. The molecule has 1 aromatic carbocycles. The first-order valence-corrected chi connectivity index (χ1v) is 8.03. The molecule has 0 aliphatic carbocycles. The normalized spacial score (nSPS) is 16.7. The number of carbonyl (C=O) groups excluding carboxylic acids is 2. The van der Waals surface area contributed by atoms with E-state index in [-0.39, 0.29) is 6.03 Å². The molecule has 1 fully saturated rings. The number of nitrogens with zero attached hydrogens (tertiary/aromatic N) is 2. The minimum atomic E-state index is -0.414. The van der Waals surface area contributed by atoms with Gasteiger partial charge in [0, 0.05) is 37.9 Å². The van der Waals surface area contributed by atoms with Gasteiger partial charge in [0.05, 0.1) is 12.7 Å². The third-order valence-corrected chi connectivity index (χ3v) is 4.35. The largest absolute Gasteiger partial charge is 0.465 e. The van der Waals surface area contributed by atoms with Crippen LogP contribution in [0.5, 0.6) is 0 Å². The van der Waals surface area contributed by atoms with Crippen molar-refractivity contribution in [1.82, 2.24) is 9.80 Å². The van der Waals surface area contributed by atoms with Crippen LogP contribution in [0.4, 0.5) is 10.5 Å². The first-order valence-electron chi connectivity index (χ1n) is 8.03. The van der Waals surface area contributed by atoms with Crippen molar-refractivity contribution in [1.29, 1.82) is 0 Å². The Morgan fingerprint density at radius 3 is 2.57 bits per heavy atom. The van der Waals surface area contributed by atoms with E-state index in [1.54, 1.807) is 24.3 Å². The highest BCUT2D eigenvalue weighted by Gasteiger charge is 2.23. The number of methoxy groups -OCH3 is 1. The molecule has 1 heterocycles. The van der Waals surface area contributed by atoms with Crippen LogP contribution >= 0.6 is 0 Å². The van der Waals surface area contributed by atoms with E-state index in [2.05, 4.69) is 28.8 Å². The number of piperazine rings is 1. The van der Waals surface area contributed by atoms with Gasteiger partial charge in [0.25, 0.3) is 0 Å². The minimum absolute atomic E-state index is 0.129. The summed E-state index contributed by atoms with van der Waals surface area (Å²) in [6.07, 6.45) is 1.12. The number of ether oxygens (including phenoxy) is 1. The summed E-state index contributed by atoms with van der Waals surface area (Å²) in [5.74, 6) is -0.414. The molecular weight excluding hydrogens is 294 g/mol. The molecule has 126 valence electrons. The molecule has 1 aliphatic heterocycles. The van der Waals surface area contributed by atoms with E-state index in [9.17, 15) is 9.59 Å². The molecule has 0 saturated carbocycles. The van der Waals surface area contributed by atoms with Gasteiger partial charge >= 0.3 is 12.0 Å². The van der Waals surface area contributed by atoms with Crippen molar-refractivity contribution in [3.63, 3.8) is 0 Å². The lowest BCUT2D eigenvalue weighted by molar-refractivity contribution is 0.0600. The molecule has 1 N–H and O–H groups in total. The van der Waals surface area contributed by atoms with Gasteiger partial charge in [-0.15, -0.1) is 0 Å². The van der Waals surface area contributed by atoms with Crippen LogP contribution in [-0.4, -0.2) is 61.1 Å². The van der Waals surface area contributed by atoms with Gasteiger partial charge in [-0.25, -0.2) is 9.59 Å². The molecular formula is C17H25N3O3. The highest BCUT2D eigenvalue weighted by atomic mass is 16.5. The Morgan fingerprint density at radius 1 is 1.26 bits per heavy atom. The maximum Gasteiger partial charge on any atom is 0.337 e. The monoisotopic (exact) mass is 319 g/mol. The number of esters is 1. The van der Waals surface area contributed by atoms with Gasteiger partial charge in [-0.3, -0.25) is 4.90 Å². The fourth-order valence-corrected chi connectivity index (χ4v) is 2.67. The second-order valence-corrected chi connectivity index (χ2v) is 5.78. The van der Waals surface area contributed by atoms with Gasteiger partial charge in [-0.05, 0) is 31.5 Å². The fraction of sp³-hybridized carbons (Fsp3) is 0.529. The molecule has 1 unspecified atom stereocenters. The number of carbonyl (C=O) groups is 2. The summed E-state index contributed by atoms with van der Waals surface area (Å²) < 4.78 is 4.69. The van der Waals surface area contributed by atoms with Crippen LogP contribution < -0.4 is 5.32 Å². The number of benzene rings is 1. The summed E-state index contributed by atoms with van der Waals surface area (Å²) in [6, 6.07) is 7.20. The lowest BCUT2D eigenvalue weighted by Crippen LogP contribution is -2.52. The van der Waals surface area contributed by atoms with Crippen molar-refractivity contribution >= 4 is 17.7 Å². The van der Waals surface area contributed by atoms with Crippen molar-refractivity contribution in [2.24, 2.45) is 0 Å². The van der Waals surface area contributed by atoms with E-state index >= 15 is 0 Å². The van der Waals surface area contributed by atoms with E-state index in [4.69, 9.17) is 0 Å². The third-order valence-electron chi connectivity index (χ3n) is 4.35. The summed E-state index contributed by atoms with van der Waals surface area (Å²) in [4.78, 5) is 28.1. The summed E-state index contributed by atoms with van der Waals surface area (Å²) in [5, 5.41) is 2.85. The zero-order valence-electron chi connectivity index (χ0n) is 14.0. The van der Waals surface area contributed by atoms with E-state index < -0.39 is 5.97 Å². The topological polar surface area (TPSA) is 61.9 Å². The zero-order valence-corrected chi connectivity index (χ0v) is 14.0. The van der Waals surface area contributed by atoms with Crippen molar-refractivity contribution in [3.05, 3.63) is 29.8 Å². The van der Waals surface area contributed by atoms with Crippen LogP contribution in [0.15, 0.2) is 24.3 Å². The molecule has 0 spiro atoms. The van der Waals surface area contributed by atoms with Crippen LogP contribution in [0.3, 0.4) is 0 Å². The molecule has 6 heteroatoms. The minimum Gasteiger partial charge on any atom is -0.465 e. The average molecular weight is 319 g/mol. The second-order valence-electron chi connectivity index (χ2n) is 5.78. The lowest BCUT2D eigenvalue weighted by Gasteiger charge is -2.37. The summed E-state index contributed by atoms with van der Waals surface area (Å²) in [6.45, 7) is 7.61. The smallest absolute Gasteiger partial charge is 0.337 e. The molecule has 0 bridgehead atoms. The Hall–Kier alpha value is -2.08. The highest BCUT2D eigenvalue weighted by Crippen LogP contribution is 2.14. The molecule has 1 saturated heterocycles. The summed E-state index contributed by atoms with van der Waals surface area (Å²) >= 11 is 0. The predicted molar refractivity (Wildman–Crippen MR) is 89.7 cm³/mol. The van der Waals surface area contributed by atoms with E-state index in [0.29, 0.717) is 30.4 Å². The number of anilines is 1. The van der Waals surface area contributed by atoms with Crippen LogP contribution in [-0.2, 0) is 4.74 Å². The van der Waals surface area contributed by atoms with Gasteiger partial charge in [0.2, 0.25) is 0 Å². The number of hydrogen-bond acceptors (Lipinski definition) is 4. The highest BCUT2D eigenvalue weighted by molar-refractivity contribution is 5.93. The average Bonchev–Trinajstić information content (AvgIpc) is 2.60. The Bertz CT molecular complexity index is 554. The molecule has 6 nitrogen and oxygen atoms in total. The Balaban J connectivity index is 1.92. The Kier molecular flexibility index (Phi) is 5.98. The Morgan fingerprint density at radius 2 is 1.96 bits per heavy atom. The SMILES string of the molecule is CCC(C)N1CCN(C(=O)Nc2cccc(C(=O)OC)c2)CC1. The lowest BCUT2D eigenvalue weighted by atomic mass is 10.2. The van der Waals surface area contributed by atoms with Crippen LogP contribution in [0, 0.1) is 0 Å². The molecule has 1 aliphatic rings. The number of nitrogens with one attached hydrogen (secondary N) is 1. The fourth-order valence-electron chi connectivity index (χ4n) is 2.67. The molecule has 23 heavy (non-hydrogen) atoms. The maximum atomic E-state index is 12.3. The van der Waals surface area contributed by atoms with Crippen LogP contribution in [0.2, 0.25) is 0 Å². The first kappa shape index (κ1) is 17.3. The standard InChI is InChI=1S/C17H25N3O3/c1-4-13(2)19-8-10-20(11-9-19)17(22)18-15-7-5-6-14(12-15)16(21)23-3/h5-7,12-13H,4,8-11H2,1-3H3,(H,18,22). The number of rotatable bonds is 4. The number of hydrogen-bond donors (Lipinski definition) is 1.